The lowest BCUT2D eigenvalue weighted by Crippen LogP contribution is -2.48. The fourth-order valence-corrected chi connectivity index (χ4v) is 3.81. The minimum atomic E-state index is -0.922. The third kappa shape index (κ3) is 5.73. The number of anilines is 4. The fraction of sp³-hybridized carbons (Fsp3) is 0.167. The summed E-state index contributed by atoms with van der Waals surface area (Å²) in [4.78, 5) is 52.7. The molecule has 5 heterocycles. The van der Waals surface area contributed by atoms with Crippen LogP contribution in [0.4, 0.5) is 27.9 Å². The van der Waals surface area contributed by atoms with Gasteiger partial charge in [-0.15, -0.1) is 0 Å². The number of nitrogens with one attached hydrogen (secondary N) is 2. The summed E-state index contributed by atoms with van der Waals surface area (Å²) < 4.78 is 0. The van der Waals surface area contributed by atoms with Crippen molar-refractivity contribution in [2.24, 2.45) is 0 Å². The predicted octanol–water partition coefficient (Wildman–Crippen LogP) is 2.52. The Bertz CT molecular complexity index is 1400. The zero-order valence-corrected chi connectivity index (χ0v) is 19.5. The van der Waals surface area contributed by atoms with Gasteiger partial charge >= 0.3 is 6.09 Å². The normalized spacial score (nSPS) is 13.2. The molecule has 5 rings (SSSR count). The first-order valence-corrected chi connectivity index (χ1v) is 11.4. The number of piperazine rings is 1. The van der Waals surface area contributed by atoms with Crippen LogP contribution in [0.2, 0.25) is 0 Å². The van der Waals surface area contributed by atoms with Crippen LogP contribution < -0.4 is 15.5 Å². The average Bonchev–Trinajstić information content (AvgIpc) is 2.94. The highest BCUT2D eigenvalue weighted by molar-refractivity contribution is 6.04. The molecule has 186 valence electrons. The van der Waals surface area contributed by atoms with Crippen molar-refractivity contribution < 1.29 is 14.7 Å². The van der Waals surface area contributed by atoms with Gasteiger partial charge in [0.05, 0.1) is 17.5 Å². The molecule has 37 heavy (non-hydrogen) atoms. The quantitative estimate of drug-likeness (QED) is 0.358. The van der Waals surface area contributed by atoms with Gasteiger partial charge in [0, 0.05) is 74.5 Å². The monoisotopic (exact) mass is 498 g/mol. The highest BCUT2D eigenvalue weighted by Crippen LogP contribution is 2.28. The van der Waals surface area contributed by atoms with Crippen LogP contribution >= 0.6 is 0 Å². The number of carbonyl (C=O) groups excluding carboxylic acids is 1. The number of hydrogen-bond donors (Lipinski definition) is 3. The molecule has 13 heteroatoms. The third-order valence-corrected chi connectivity index (χ3v) is 5.64. The minimum Gasteiger partial charge on any atom is -0.465 e. The largest absolute Gasteiger partial charge is 0.465 e. The van der Waals surface area contributed by atoms with Crippen molar-refractivity contribution >= 4 is 35.1 Å². The van der Waals surface area contributed by atoms with Crippen LogP contribution in [0.5, 0.6) is 0 Å². The van der Waals surface area contributed by atoms with Crippen molar-refractivity contribution in [2.45, 2.75) is 0 Å². The van der Waals surface area contributed by atoms with Crippen molar-refractivity contribution in [1.82, 2.24) is 34.8 Å². The van der Waals surface area contributed by atoms with E-state index < -0.39 is 6.09 Å². The molecule has 1 fully saturated rings. The van der Waals surface area contributed by atoms with E-state index in [1.165, 1.54) is 23.6 Å². The van der Waals surface area contributed by atoms with E-state index in [4.69, 9.17) is 4.98 Å². The number of pyridine rings is 2. The van der Waals surface area contributed by atoms with Crippen molar-refractivity contribution in [3.8, 4) is 11.3 Å². The first kappa shape index (κ1) is 23.5. The van der Waals surface area contributed by atoms with Gasteiger partial charge < -0.3 is 25.5 Å². The maximum Gasteiger partial charge on any atom is 0.407 e. The Morgan fingerprint density at radius 1 is 0.865 bits per heavy atom. The zero-order valence-electron chi connectivity index (χ0n) is 19.5. The first-order chi connectivity index (χ1) is 18.0. The number of carbonyl (C=O) groups is 2. The Hall–Kier alpha value is -5.20. The van der Waals surface area contributed by atoms with Gasteiger partial charge in [-0.05, 0) is 18.2 Å². The first-order valence-electron chi connectivity index (χ1n) is 11.4. The van der Waals surface area contributed by atoms with E-state index in [1.807, 2.05) is 17.0 Å². The highest BCUT2D eigenvalue weighted by Gasteiger charge is 2.21. The molecule has 0 spiro atoms. The number of nitrogens with zero attached hydrogens (tertiary/aromatic N) is 8. The molecule has 0 bridgehead atoms. The molecule has 0 unspecified atom stereocenters. The minimum absolute atomic E-state index is 0.316. The molecule has 1 saturated heterocycles. The Kier molecular flexibility index (Phi) is 6.74. The lowest BCUT2D eigenvalue weighted by atomic mass is 10.1. The van der Waals surface area contributed by atoms with Gasteiger partial charge in [0.2, 0.25) is 0 Å². The molecule has 0 atom stereocenters. The number of carboxylic acid groups (broad SMARTS) is 1. The Labute approximate surface area is 211 Å². The smallest absolute Gasteiger partial charge is 0.407 e. The van der Waals surface area contributed by atoms with Crippen molar-refractivity contribution in [3.63, 3.8) is 0 Å². The molecule has 4 aromatic heterocycles. The highest BCUT2D eigenvalue weighted by atomic mass is 16.4. The summed E-state index contributed by atoms with van der Waals surface area (Å²) in [6.45, 7) is 1.86. The molecule has 2 amide bonds. The topological polar surface area (TPSA) is 162 Å². The van der Waals surface area contributed by atoms with Crippen molar-refractivity contribution in [3.05, 3.63) is 73.3 Å². The van der Waals surface area contributed by atoms with Gasteiger partial charge in [0.25, 0.3) is 5.91 Å². The van der Waals surface area contributed by atoms with Crippen LogP contribution in [0.15, 0.2) is 67.8 Å². The van der Waals surface area contributed by atoms with E-state index in [9.17, 15) is 14.7 Å². The van der Waals surface area contributed by atoms with E-state index in [-0.39, 0.29) is 5.91 Å². The Morgan fingerprint density at radius 3 is 2.41 bits per heavy atom. The van der Waals surface area contributed by atoms with E-state index >= 15 is 0 Å². The molecule has 4 aromatic rings. The summed E-state index contributed by atoms with van der Waals surface area (Å²) in [5, 5.41) is 15.2. The fourth-order valence-electron chi connectivity index (χ4n) is 3.81. The van der Waals surface area contributed by atoms with Crippen LogP contribution in [0.1, 0.15) is 10.4 Å². The maximum absolute atomic E-state index is 12.7. The van der Waals surface area contributed by atoms with Crippen LogP contribution in [-0.2, 0) is 0 Å². The van der Waals surface area contributed by atoms with E-state index in [0.717, 1.165) is 5.56 Å². The summed E-state index contributed by atoms with van der Waals surface area (Å²) in [6.07, 6.45) is 9.67. The standard InChI is InChI=1S/C24H22N10O3/c35-23(17-12-26-15-27-13-17)30-18-10-19(31-20(11-18)32-21-14-25-3-4-28-21)16-1-2-29-22(9-16)33-5-7-34(8-6-33)24(36)37/h1-4,9-15H,5-8H2,(H,36,37)(H2,28,30,31,32,35). The number of aromatic nitrogens is 6. The van der Waals surface area contributed by atoms with Crippen molar-refractivity contribution in [2.75, 3.05) is 41.7 Å². The second-order valence-electron chi connectivity index (χ2n) is 8.08. The van der Waals surface area contributed by atoms with E-state index in [1.54, 1.807) is 36.9 Å². The molecule has 0 saturated carbocycles. The molecule has 0 aromatic carbocycles. The molecule has 3 N–H and O–H groups in total. The molecule has 0 radical (unpaired) electrons. The van der Waals surface area contributed by atoms with Gasteiger partial charge in [-0.25, -0.2) is 29.7 Å². The molecule has 13 nitrogen and oxygen atoms in total. The summed E-state index contributed by atoms with van der Waals surface area (Å²) >= 11 is 0. The Balaban J connectivity index is 1.44. The lowest BCUT2D eigenvalue weighted by Gasteiger charge is -2.33. The summed E-state index contributed by atoms with van der Waals surface area (Å²) in [7, 11) is 0. The summed E-state index contributed by atoms with van der Waals surface area (Å²) in [5.41, 5.74) is 2.17. The third-order valence-electron chi connectivity index (χ3n) is 5.64. The van der Waals surface area contributed by atoms with Crippen LogP contribution in [-0.4, -0.2) is 78.1 Å². The maximum atomic E-state index is 12.7. The number of hydrogen-bond acceptors (Lipinski definition) is 10. The lowest BCUT2D eigenvalue weighted by molar-refractivity contribution is 0.102. The number of rotatable bonds is 6. The van der Waals surface area contributed by atoms with Gasteiger partial charge in [-0.3, -0.25) is 9.78 Å². The van der Waals surface area contributed by atoms with Crippen molar-refractivity contribution in [1.29, 1.82) is 0 Å². The average molecular weight is 499 g/mol. The van der Waals surface area contributed by atoms with Crippen LogP contribution in [0, 0.1) is 0 Å². The van der Waals surface area contributed by atoms with Gasteiger partial charge in [0.1, 0.15) is 23.8 Å². The van der Waals surface area contributed by atoms with Crippen LogP contribution in [0.25, 0.3) is 11.3 Å². The van der Waals surface area contributed by atoms with E-state index in [0.29, 0.717) is 60.6 Å². The molecule has 1 aliphatic heterocycles. The second-order valence-corrected chi connectivity index (χ2v) is 8.08. The Morgan fingerprint density at radius 2 is 1.68 bits per heavy atom. The number of amides is 2. The van der Waals surface area contributed by atoms with Gasteiger partial charge in [-0.2, -0.15) is 0 Å². The SMILES string of the molecule is O=C(Nc1cc(Nc2cnccn2)nc(-c2ccnc(N3CCN(C(=O)O)CC3)c2)c1)c1cncnc1. The molecule has 0 aliphatic carbocycles. The predicted molar refractivity (Wildman–Crippen MR) is 135 cm³/mol. The van der Waals surface area contributed by atoms with Crippen LogP contribution in [0.3, 0.4) is 0 Å². The van der Waals surface area contributed by atoms with Gasteiger partial charge in [0.15, 0.2) is 0 Å². The molecular weight excluding hydrogens is 476 g/mol. The molecule has 1 aliphatic rings. The summed E-state index contributed by atoms with van der Waals surface area (Å²) in [6, 6.07) is 7.15. The zero-order chi connectivity index (χ0) is 25.6. The van der Waals surface area contributed by atoms with E-state index in [2.05, 4.69) is 35.6 Å². The second kappa shape index (κ2) is 10.6. The molecular formula is C24H22N10O3. The summed E-state index contributed by atoms with van der Waals surface area (Å²) in [5.74, 6) is 1.29. The van der Waals surface area contributed by atoms with Gasteiger partial charge in [-0.1, -0.05) is 0 Å².